The van der Waals surface area contributed by atoms with Crippen LogP contribution in [0, 0.1) is 12.8 Å². The third-order valence-corrected chi connectivity index (χ3v) is 5.98. The third kappa shape index (κ3) is 5.35. The molecule has 0 saturated carbocycles. The molecule has 2 aromatic carbocycles. The van der Waals surface area contributed by atoms with Crippen molar-refractivity contribution in [1.82, 2.24) is 15.0 Å². The summed E-state index contributed by atoms with van der Waals surface area (Å²) in [7, 11) is 0. The maximum Gasteiger partial charge on any atom is 0.227 e. The van der Waals surface area contributed by atoms with Crippen LogP contribution in [0.25, 0.3) is 11.4 Å². The Morgan fingerprint density at radius 3 is 2.50 bits per heavy atom. The van der Waals surface area contributed by atoms with Crippen molar-refractivity contribution in [1.29, 1.82) is 0 Å². The van der Waals surface area contributed by atoms with E-state index >= 15 is 0 Å². The van der Waals surface area contributed by atoms with E-state index in [4.69, 9.17) is 4.52 Å². The number of piperidine rings is 1. The van der Waals surface area contributed by atoms with E-state index in [0.717, 1.165) is 37.9 Å². The standard InChI is InChI=1S/C25H29N3O2/c1-19-7-9-20(10-8-19)11-12-21-15-17-28(18-16-21)24(29)14-13-23-26-25(27-30-23)22-5-3-2-4-6-22/h2-10,21H,11-18H2,1H3. The van der Waals surface area contributed by atoms with Crippen molar-refractivity contribution >= 4 is 5.91 Å². The Morgan fingerprint density at radius 1 is 1.03 bits per heavy atom. The fourth-order valence-corrected chi connectivity index (χ4v) is 4.03. The summed E-state index contributed by atoms with van der Waals surface area (Å²) in [5.74, 6) is 1.99. The highest BCUT2D eigenvalue weighted by atomic mass is 16.5. The van der Waals surface area contributed by atoms with Crippen LogP contribution in [-0.4, -0.2) is 34.0 Å². The zero-order valence-electron chi connectivity index (χ0n) is 17.6. The Labute approximate surface area is 178 Å². The van der Waals surface area contributed by atoms with Crippen LogP contribution < -0.4 is 0 Å². The van der Waals surface area contributed by atoms with Crippen molar-refractivity contribution in [2.75, 3.05) is 13.1 Å². The molecule has 0 atom stereocenters. The van der Waals surface area contributed by atoms with Gasteiger partial charge in [-0.25, -0.2) is 0 Å². The first-order chi connectivity index (χ1) is 14.7. The van der Waals surface area contributed by atoms with Gasteiger partial charge >= 0.3 is 0 Å². The van der Waals surface area contributed by atoms with E-state index < -0.39 is 0 Å². The second-order valence-corrected chi connectivity index (χ2v) is 8.23. The average Bonchev–Trinajstić information content (AvgIpc) is 3.27. The number of hydrogen-bond donors (Lipinski definition) is 0. The van der Waals surface area contributed by atoms with Crippen molar-refractivity contribution in [3.05, 3.63) is 71.6 Å². The molecule has 0 N–H and O–H groups in total. The predicted molar refractivity (Wildman–Crippen MR) is 117 cm³/mol. The highest BCUT2D eigenvalue weighted by Crippen LogP contribution is 2.23. The van der Waals surface area contributed by atoms with Crippen LogP contribution in [-0.2, 0) is 17.6 Å². The number of carbonyl (C=O) groups excluding carboxylic acids is 1. The summed E-state index contributed by atoms with van der Waals surface area (Å²) in [4.78, 5) is 19.0. The lowest BCUT2D eigenvalue weighted by Gasteiger charge is -2.32. The van der Waals surface area contributed by atoms with Gasteiger partial charge in [0.05, 0.1) is 0 Å². The van der Waals surface area contributed by atoms with Gasteiger partial charge in [0, 0.05) is 31.5 Å². The van der Waals surface area contributed by atoms with Crippen molar-refractivity contribution in [2.24, 2.45) is 5.92 Å². The van der Waals surface area contributed by atoms with E-state index in [2.05, 4.69) is 41.3 Å². The number of carbonyl (C=O) groups is 1. The zero-order chi connectivity index (χ0) is 20.8. The van der Waals surface area contributed by atoms with E-state index in [0.29, 0.717) is 30.5 Å². The maximum atomic E-state index is 12.6. The van der Waals surface area contributed by atoms with Gasteiger partial charge in [0.15, 0.2) is 0 Å². The molecular formula is C25H29N3O2. The minimum Gasteiger partial charge on any atom is -0.343 e. The molecule has 0 radical (unpaired) electrons. The van der Waals surface area contributed by atoms with E-state index in [1.807, 2.05) is 35.2 Å². The highest BCUT2D eigenvalue weighted by Gasteiger charge is 2.23. The average molecular weight is 404 g/mol. The molecule has 1 aromatic heterocycles. The highest BCUT2D eigenvalue weighted by molar-refractivity contribution is 5.76. The molecule has 0 spiro atoms. The summed E-state index contributed by atoms with van der Waals surface area (Å²) in [6.07, 6.45) is 5.43. The fourth-order valence-electron chi connectivity index (χ4n) is 4.03. The molecule has 0 aliphatic carbocycles. The Kier molecular flexibility index (Phi) is 6.57. The van der Waals surface area contributed by atoms with Crippen LogP contribution in [0.15, 0.2) is 59.1 Å². The van der Waals surface area contributed by atoms with Crippen LogP contribution in [0.2, 0.25) is 0 Å². The van der Waals surface area contributed by atoms with Crippen LogP contribution in [0.4, 0.5) is 0 Å². The van der Waals surface area contributed by atoms with Gasteiger partial charge in [-0.3, -0.25) is 4.79 Å². The molecule has 0 bridgehead atoms. The molecule has 1 amide bonds. The number of benzene rings is 2. The second-order valence-electron chi connectivity index (χ2n) is 8.23. The number of amides is 1. The molecule has 1 aliphatic rings. The Morgan fingerprint density at radius 2 is 1.77 bits per heavy atom. The molecule has 1 saturated heterocycles. The SMILES string of the molecule is Cc1ccc(CCC2CCN(C(=O)CCc3nc(-c4ccccc4)no3)CC2)cc1. The Bertz CT molecular complexity index is 942. The van der Waals surface area contributed by atoms with E-state index in [1.54, 1.807) is 0 Å². The van der Waals surface area contributed by atoms with Crippen molar-refractivity contribution in [3.63, 3.8) is 0 Å². The lowest BCUT2D eigenvalue weighted by atomic mass is 9.90. The topological polar surface area (TPSA) is 59.2 Å². The molecule has 4 rings (SSSR count). The largest absolute Gasteiger partial charge is 0.343 e. The number of hydrogen-bond acceptors (Lipinski definition) is 4. The Hall–Kier alpha value is -2.95. The molecule has 30 heavy (non-hydrogen) atoms. The molecule has 1 aliphatic heterocycles. The van der Waals surface area contributed by atoms with Crippen molar-refractivity contribution < 1.29 is 9.32 Å². The third-order valence-electron chi connectivity index (χ3n) is 5.98. The minimum absolute atomic E-state index is 0.187. The van der Waals surface area contributed by atoms with Crippen molar-refractivity contribution in [2.45, 2.75) is 45.4 Å². The number of aromatic nitrogens is 2. The monoisotopic (exact) mass is 403 g/mol. The van der Waals surface area contributed by atoms with Crippen molar-refractivity contribution in [3.8, 4) is 11.4 Å². The molecule has 1 fully saturated rings. The van der Waals surface area contributed by atoms with Crippen LogP contribution in [0.5, 0.6) is 0 Å². The van der Waals surface area contributed by atoms with Crippen LogP contribution in [0.3, 0.4) is 0 Å². The first-order valence-corrected chi connectivity index (χ1v) is 10.9. The normalized spacial score (nSPS) is 14.8. The van der Waals surface area contributed by atoms with E-state index in [-0.39, 0.29) is 5.91 Å². The van der Waals surface area contributed by atoms with E-state index in [1.165, 1.54) is 17.5 Å². The fraction of sp³-hybridized carbons (Fsp3) is 0.400. The number of likely N-dealkylation sites (tertiary alicyclic amines) is 1. The van der Waals surface area contributed by atoms with Gasteiger partial charge in [-0.15, -0.1) is 0 Å². The lowest BCUT2D eigenvalue weighted by molar-refractivity contribution is -0.132. The summed E-state index contributed by atoms with van der Waals surface area (Å²) in [5.41, 5.74) is 3.64. The van der Waals surface area contributed by atoms with E-state index in [9.17, 15) is 4.79 Å². The molecule has 5 nitrogen and oxygen atoms in total. The van der Waals surface area contributed by atoms with Gasteiger partial charge in [0.25, 0.3) is 0 Å². The smallest absolute Gasteiger partial charge is 0.227 e. The summed E-state index contributed by atoms with van der Waals surface area (Å²) in [5, 5.41) is 4.03. The quantitative estimate of drug-likeness (QED) is 0.566. The van der Waals surface area contributed by atoms with Gasteiger partial charge in [-0.05, 0) is 44.1 Å². The lowest BCUT2D eigenvalue weighted by Crippen LogP contribution is -2.38. The molecule has 3 aromatic rings. The van der Waals surface area contributed by atoms with Crippen LogP contribution >= 0.6 is 0 Å². The van der Waals surface area contributed by atoms with Gasteiger partial charge < -0.3 is 9.42 Å². The predicted octanol–water partition coefficient (Wildman–Crippen LogP) is 4.85. The summed E-state index contributed by atoms with van der Waals surface area (Å²) in [6, 6.07) is 18.6. The number of aryl methyl sites for hydroxylation is 3. The molecular weight excluding hydrogens is 374 g/mol. The number of rotatable bonds is 7. The minimum atomic E-state index is 0.187. The maximum absolute atomic E-state index is 12.6. The molecule has 0 unspecified atom stereocenters. The van der Waals surface area contributed by atoms with Crippen LogP contribution in [0.1, 0.15) is 42.7 Å². The zero-order valence-corrected chi connectivity index (χ0v) is 17.6. The summed E-state index contributed by atoms with van der Waals surface area (Å²) < 4.78 is 5.32. The molecule has 5 heteroatoms. The molecule has 2 heterocycles. The van der Waals surface area contributed by atoms with Gasteiger partial charge in [0.1, 0.15) is 0 Å². The number of nitrogens with zero attached hydrogens (tertiary/aromatic N) is 3. The first-order valence-electron chi connectivity index (χ1n) is 10.9. The summed E-state index contributed by atoms with van der Waals surface area (Å²) in [6.45, 7) is 3.84. The van der Waals surface area contributed by atoms with Gasteiger partial charge in [-0.2, -0.15) is 4.98 Å². The summed E-state index contributed by atoms with van der Waals surface area (Å²) >= 11 is 0. The van der Waals surface area contributed by atoms with Gasteiger partial charge in [-0.1, -0.05) is 65.3 Å². The molecule has 156 valence electrons. The second kappa shape index (κ2) is 9.70. The van der Waals surface area contributed by atoms with Gasteiger partial charge in [0.2, 0.25) is 17.6 Å². The Balaban J connectivity index is 1.19. The first kappa shape index (κ1) is 20.3.